The molecular formula is C18H23NO2S. The molecule has 4 fully saturated rings. The van der Waals surface area contributed by atoms with Gasteiger partial charge in [0.05, 0.1) is 4.90 Å². The van der Waals surface area contributed by atoms with Crippen molar-refractivity contribution in [2.24, 2.45) is 34.0 Å². The standard InChI is InChI=1S/C18H23NO2S/c1-12-2-4-17(5-3-12)22(20,21)19-11-18-15-7-13-6-14(9-15)10-16(18)8-13/h2-5,11,13-16,18H,6-10H2,1H3/b19-11+. The van der Waals surface area contributed by atoms with Crippen LogP contribution in [0.5, 0.6) is 0 Å². The molecule has 1 aromatic carbocycles. The molecule has 0 N–H and O–H groups in total. The van der Waals surface area contributed by atoms with E-state index in [4.69, 9.17) is 0 Å². The van der Waals surface area contributed by atoms with Gasteiger partial charge in [0, 0.05) is 12.1 Å². The highest BCUT2D eigenvalue weighted by atomic mass is 32.2. The molecule has 4 aliphatic rings. The first kappa shape index (κ1) is 14.4. The van der Waals surface area contributed by atoms with Crippen LogP contribution in [-0.2, 0) is 10.0 Å². The lowest BCUT2D eigenvalue weighted by Gasteiger charge is -2.53. The van der Waals surface area contributed by atoms with Crippen LogP contribution in [-0.4, -0.2) is 14.6 Å². The minimum Gasteiger partial charge on any atom is -0.199 e. The van der Waals surface area contributed by atoms with E-state index in [2.05, 4.69) is 4.40 Å². The van der Waals surface area contributed by atoms with Crippen LogP contribution in [0.15, 0.2) is 33.6 Å². The van der Waals surface area contributed by atoms with Crippen LogP contribution in [0.4, 0.5) is 0 Å². The fraction of sp³-hybridized carbons (Fsp3) is 0.611. The normalized spacial score (nSPS) is 37.0. The summed E-state index contributed by atoms with van der Waals surface area (Å²) in [5.41, 5.74) is 1.06. The first-order valence-corrected chi connectivity index (χ1v) is 9.82. The minimum atomic E-state index is -3.54. The topological polar surface area (TPSA) is 46.5 Å². The fourth-order valence-corrected chi connectivity index (χ4v) is 6.03. The molecule has 118 valence electrons. The number of benzene rings is 1. The molecule has 4 bridgehead atoms. The van der Waals surface area contributed by atoms with Gasteiger partial charge in [-0.1, -0.05) is 17.7 Å². The lowest BCUT2D eigenvalue weighted by Crippen LogP contribution is -2.45. The van der Waals surface area contributed by atoms with Crippen LogP contribution < -0.4 is 0 Å². The maximum absolute atomic E-state index is 12.4. The highest BCUT2D eigenvalue weighted by Crippen LogP contribution is 2.56. The Kier molecular flexibility index (Phi) is 3.40. The third kappa shape index (κ3) is 2.51. The smallest absolute Gasteiger partial charge is 0.199 e. The molecule has 0 aromatic heterocycles. The van der Waals surface area contributed by atoms with Crippen LogP contribution in [0.3, 0.4) is 0 Å². The SMILES string of the molecule is Cc1ccc(S(=O)(=O)/N=C/C2C3CC4CC(C3)CC2C4)cc1. The second kappa shape index (κ2) is 5.19. The Balaban J connectivity index is 1.55. The van der Waals surface area contributed by atoms with Gasteiger partial charge in [-0.15, -0.1) is 0 Å². The minimum absolute atomic E-state index is 0.304. The van der Waals surface area contributed by atoms with E-state index in [0.717, 1.165) is 17.4 Å². The van der Waals surface area contributed by atoms with Gasteiger partial charge in [-0.25, -0.2) is 0 Å². The van der Waals surface area contributed by atoms with Crippen molar-refractivity contribution in [1.82, 2.24) is 0 Å². The van der Waals surface area contributed by atoms with Gasteiger partial charge >= 0.3 is 0 Å². The molecule has 0 aliphatic heterocycles. The van der Waals surface area contributed by atoms with Gasteiger partial charge in [0.1, 0.15) is 0 Å². The van der Waals surface area contributed by atoms with Gasteiger partial charge in [-0.3, -0.25) is 0 Å². The Hall–Kier alpha value is -1.16. The van der Waals surface area contributed by atoms with E-state index in [9.17, 15) is 8.42 Å². The quantitative estimate of drug-likeness (QED) is 0.795. The lowest BCUT2D eigenvalue weighted by molar-refractivity contribution is -0.00632. The monoisotopic (exact) mass is 317 g/mol. The summed E-state index contributed by atoms with van der Waals surface area (Å²) in [6.45, 7) is 1.95. The highest BCUT2D eigenvalue weighted by Gasteiger charge is 2.47. The van der Waals surface area contributed by atoms with E-state index in [1.807, 2.05) is 19.1 Å². The summed E-state index contributed by atoms with van der Waals surface area (Å²) in [5, 5.41) is 0. The van der Waals surface area contributed by atoms with Crippen molar-refractivity contribution in [3.05, 3.63) is 29.8 Å². The van der Waals surface area contributed by atoms with Gasteiger partial charge < -0.3 is 0 Å². The number of aryl methyl sites for hydroxylation is 1. The molecule has 0 amide bonds. The average molecular weight is 317 g/mol. The number of hydrogen-bond acceptors (Lipinski definition) is 2. The van der Waals surface area contributed by atoms with Crippen molar-refractivity contribution in [2.75, 3.05) is 0 Å². The Morgan fingerprint density at radius 1 is 0.955 bits per heavy atom. The van der Waals surface area contributed by atoms with Gasteiger partial charge in [0.25, 0.3) is 10.0 Å². The van der Waals surface area contributed by atoms with E-state index in [1.54, 1.807) is 18.3 Å². The fourth-order valence-electron chi connectivity index (χ4n) is 5.13. The Morgan fingerprint density at radius 3 is 2.05 bits per heavy atom. The first-order valence-electron chi connectivity index (χ1n) is 8.38. The second-order valence-corrected chi connectivity index (χ2v) is 9.18. The zero-order valence-corrected chi connectivity index (χ0v) is 13.8. The molecular weight excluding hydrogens is 294 g/mol. The Labute approximate surface area is 132 Å². The molecule has 5 rings (SSSR count). The van der Waals surface area contributed by atoms with Crippen molar-refractivity contribution in [3.8, 4) is 0 Å². The summed E-state index contributed by atoms with van der Waals surface area (Å²) in [5.74, 6) is 3.54. The molecule has 22 heavy (non-hydrogen) atoms. The van der Waals surface area contributed by atoms with Crippen molar-refractivity contribution in [2.45, 2.75) is 43.9 Å². The molecule has 3 nitrogen and oxygen atoms in total. The van der Waals surface area contributed by atoms with E-state index in [1.165, 1.54) is 32.1 Å². The molecule has 0 heterocycles. The van der Waals surface area contributed by atoms with Gasteiger partial charge in [0.2, 0.25) is 0 Å². The number of nitrogens with zero attached hydrogens (tertiary/aromatic N) is 1. The van der Waals surface area contributed by atoms with Crippen LogP contribution in [0.2, 0.25) is 0 Å². The van der Waals surface area contributed by atoms with Crippen molar-refractivity contribution in [1.29, 1.82) is 0 Å². The summed E-state index contributed by atoms with van der Waals surface area (Å²) in [4.78, 5) is 0.304. The second-order valence-electron chi connectivity index (χ2n) is 7.55. The van der Waals surface area contributed by atoms with Gasteiger partial charge in [0.15, 0.2) is 0 Å². The van der Waals surface area contributed by atoms with Crippen LogP contribution >= 0.6 is 0 Å². The predicted molar refractivity (Wildman–Crippen MR) is 87.4 cm³/mol. The van der Waals surface area contributed by atoms with Gasteiger partial charge in [-0.05, 0) is 74.8 Å². The Bertz CT molecular complexity index is 662. The lowest BCUT2D eigenvalue weighted by atomic mass is 9.52. The zero-order chi connectivity index (χ0) is 15.3. The number of rotatable bonds is 3. The maximum Gasteiger partial charge on any atom is 0.281 e. The Morgan fingerprint density at radius 2 is 1.50 bits per heavy atom. The van der Waals surface area contributed by atoms with E-state index in [0.29, 0.717) is 22.6 Å². The van der Waals surface area contributed by atoms with Crippen molar-refractivity contribution < 1.29 is 8.42 Å². The first-order chi connectivity index (χ1) is 10.5. The summed E-state index contributed by atoms with van der Waals surface area (Å²) < 4.78 is 28.8. The largest absolute Gasteiger partial charge is 0.281 e. The van der Waals surface area contributed by atoms with Crippen LogP contribution in [0, 0.1) is 36.5 Å². The molecule has 1 aromatic rings. The number of sulfonamides is 1. The molecule has 4 aliphatic carbocycles. The van der Waals surface area contributed by atoms with E-state index < -0.39 is 10.0 Å². The predicted octanol–water partition coefficient (Wildman–Crippen LogP) is 3.83. The summed E-state index contributed by atoms with van der Waals surface area (Å²) >= 11 is 0. The summed E-state index contributed by atoms with van der Waals surface area (Å²) in [6, 6.07) is 6.95. The molecule has 0 spiro atoms. The third-order valence-corrected chi connectivity index (χ3v) is 7.26. The molecule has 0 unspecified atom stereocenters. The van der Waals surface area contributed by atoms with E-state index in [-0.39, 0.29) is 0 Å². The molecule has 4 saturated carbocycles. The van der Waals surface area contributed by atoms with Crippen molar-refractivity contribution >= 4 is 16.2 Å². The highest BCUT2D eigenvalue weighted by molar-refractivity contribution is 7.90. The molecule has 0 saturated heterocycles. The van der Waals surface area contributed by atoms with Crippen molar-refractivity contribution in [3.63, 3.8) is 0 Å². The van der Waals surface area contributed by atoms with E-state index >= 15 is 0 Å². The maximum atomic E-state index is 12.4. The third-order valence-electron chi connectivity index (χ3n) is 5.99. The van der Waals surface area contributed by atoms with Gasteiger partial charge in [-0.2, -0.15) is 12.8 Å². The molecule has 0 atom stereocenters. The summed E-state index contributed by atoms with van der Waals surface area (Å²) in [6.07, 6.45) is 8.34. The average Bonchev–Trinajstić information content (AvgIpc) is 2.46. The number of hydrogen-bond donors (Lipinski definition) is 0. The van der Waals surface area contributed by atoms with Crippen LogP contribution in [0.1, 0.15) is 37.7 Å². The zero-order valence-electron chi connectivity index (χ0n) is 13.0. The van der Waals surface area contributed by atoms with Crippen LogP contribution in [0.25, 0.3) is 0 Å². The molecule has 0 radical (unpaired) electrons. The molecule has 4 heteroatoms. The summed E-state index contributed by atoms with van der Waals surface area (Å²) in [7, 11) is -3.54.